The van der Waals surface area contributed by atoms with Crippen molar-refractivity contribution in [3.05, 3.63) is 17.1 Å². The molecule has 0 fully saturated rings. The lowest BCUT2D eigenvalue weighted by molar-refractivity contribution is 0.0910. The number of nitrogens with two attached hydrogens (primary N) is 1. The van der Waals surface area contributed by atoms with Gasteiger partial charge in [0.2, 0.25) is 0 Å². The number of carbonyl (C=O) groups excluding carboxylic acids is 1. The second-order valence-electron chi connectivity index (χ2n) is 5.15. The van der Waals surface area contributed by atoms with Gasteiger partial charge in [-0.25, -0.2) is 0 Å². The Balaban J connectivity index is 1.84. The summed E-state index contributed by atoms with van der Waals surface area (Å²) in [6.07, 6.45) is 2.59. The maximum Gasteiger partial charge on any atom is 0.263 e. The van der Waals surface area contributed by atoms with Crippen LogP contribution in [0.3, 0.4) is 0 Å². The summed E-state index contributed by atoms with van der Waals surface area (Å²) in [5.41, 5.74) is 6.44. The standard InChI is InChI=1S/C14H20N4O2S/c1-9(2)4-7-20-8-6-16-13(19)12-11(15)10-3-5-17-18-14(10)21-12/h3,5,9H,4,6-8,15H2,1-2H3,(H,16,19). The number of ether oxygens (including phenoxy) is 1. The summed E-state index contributed by atoms with van der Waals surface area (Å²) < 4.78 is 5.45. The molecule has 2 rings (SSSR count). The van der Waals surface area contributed by atoms with E-state index in [-0.39, 0.29) is 5.91 Å². The molecule has 3 N–H and O–H groups in total. The number of hydrogen-bond acceptors (Lipinski definition) is 6. The predicted molar refractivity (Wildman–Crippen MR) is 84.4 cm³/mol. The maximum atomic E-state index is 12.1. The minimum atomic E-state index is -0.192. The zero-order chi connectivity index (χ0) is 15.2. The SMILES string of the molecule is CC(C)CCOCCNC(=O)c1sc2nnccc2c1N. The summed E-state index contributed by atoms with van der Waals surface area (Å²) in [5.74, 6) is 0.432. The molecule has 2 aromatic heterocycles. The molecule has 0 aliphatic rings. The molecule has 0 unspecified atom stereocenters. The van der Waals surface area contributed by atoms with Crippen molar-refractivity contribution >= 4 is 33.1 Å². The monoisotopic (exact) mass is 308 g/mol. The van der Waals surface area contributed by atoms with Gasteiger partial charge in [0, 0.05) is 18.5 Å². The highest BCUT2D eigenvalue weighted by molar-refractivity contribution is 7.21. The van der Waals surface area contributed by atoms with Crippen LogP contribution in [0.25, 0.3) is 10.2 Å². The fourth-order valence-electron chi connectivity index (χ4n) is 1.78. The molecule has 114 valence electrons. The largest absolute Gasteiger partial charge is 0.397 e. The molecule has 0 saturated heterocycles. The molecule has 2 aromatic rings. The van der Waals surface area contributed by atoms with Crippen LogP contribution in [0.5, 0.6) is 0 Å². The number of thiophene rings is 1. The molecule has 0 radical (unpaired) electrons. The number of aromatic nitrogens is 2. The number of hydrogen-bond donors (Lipinski definition) is 2. The molecule has 0 aliphatic heterocycles. The Morgan fingerprint density at radius 3 is 3.00 bits per heavy atom. The summed E-state index contributed by atoms with van der Waals surface area (Å²) >= 11 is 1.25. The normalized spacial score (nSPS) is 11.2. The molecule has 0 saturated carbocycles. The first-order chi connectivity index (χ1) is 10.1. The Morgan fingerprint density at radius 2 is 2.29 bits per heavy atom. The highest BCUT2D eigenvalue weighted by atomic mass is 32.1. The van der Waals surface area contributed by atoms with Gasteiger partial charge < -0.3 is 15.8 Å². The molecule has 0 aliphatic carbocycles. The van der Waals surface area contributed by atoms with E-state index in [1.54, 1.807) is 12.3 Å². The van der Waals surface area contributed by atoms with Crippen molar-refractivity contribution in [3.8, 4) is 0 Å². The first-order valence-electron chi connectivity index (χ1n) is 6.95. The van der Waals surface area contributed by atoms with Crippen LogP contribution < -0.4 is 11.1 Å². The Kier molecular flexibility index (Phi) is 5.46. The summed E-state index contributed by atoms with van der Waals surface area (Å²) in [7, 11) is 0. The first-order valence-corrected chi connectivity index (χ1v) is 7.77. The molecule has 0 spiro atoms. The van der Waals surface area contributed by atoms with Crippen LogP contribution in [-0.4, -0.2) is 35.9 Å². The van der Waals surface area contributed by atoms with E-state index in [0.717, 1.165) is 11.8 Å². The summed E-state index contributed by atoms with van der Waals surface area (Å²) in [4.78, 5) is 13.2. The fourth-order valence-corrected chi connectivity index (χ4v) is 2.73. The van der Waals surface area contributed by atoms with Gasteiger partial charge in [-0.05, 0) is 18.4 Å². The third-order valence-corrected chi connectivity index (χ3v) is 4.10. The highest BCUT2D eigenvalue weighted by Gasteiger charge is 2.16. The van der Waals surface area contributed by atoms with E-state index in [1.165, 1.54) is 11.3 Å². The van der Waals surface area contributed by atoms with Crippen molar-refractivity contribution in [2.24, 2.45) is 5.92 Å². The van der Waals surface area contributed by atoms with Crippen LogP contribution in [0, 0.1) is 5.92 Å². The van der Waals surface area contributed by atoms with Crippen molar-refractivity contribution in [2.45, 2.75) is 20.3 Å². The summed E-state index contributed by atoms with van der Waals surface area (Å²) in [6.45, 7) is 5.99. The third-order valence-electron chi connectivity index (χ3n) is 3.00. The molecule has 0 atom stereocenters. The van der Waals surface area contributed by atoms with E-state index >= 15 is 0 Å². The number of amides is 1. The van der Waals surface area contributed by atoms with E-state index in [2.05, 4.69) is 29.4 Å². The second kappa shape index (κ2) is 7.33. The van der Waals surface area contributed by atoms with Crippen LogP contribution in [0.2, 0.25) is 0 Å². The van der Waals surface area contributed by atoms with Gasteiger partial charge in [-0.1, -0.05) is 13.8 Å². The Hall–Kier alpha value is -1.73. The number of nitrogen functional groups attached to an aromatic ring is 1. The number of anilines is 1. The molecular weight excluding hydrogens is 288 g/mol. The Labute approximate surface area is 127 Å². The molecule has 2 heterocycles. The number of carbonyl (C=O) groups is 1. The highest BCUT2D eigenvalue weighted by Crippen LogP contribution is 2.31. The van der Waals surface area contributed by atoms with Gasteiger partial charge in [-0.3, -0.25) is 4.79 Å². The quantitative estimate of drug-likeness (QED) is 0.764. The van der Waals surface area contributed by atoms with E-state index in [0.29, 0.717) is 41.1 Å². The van der Waals surface area contributed by atoms with Crippen molar-refractivity contribution in [3.63, 3.8) is 0 Å². The average Bonchev–Trinajstić information content (AvgIpc) is 2.80. The Morgan fingerprint density at radius 1 is 1.48 bits per heavy atom. The molecule has 0 aromatic carbocycles. The third kappa shape index (κ3) is 4.12. The van der Waals surface area contributed by atoms with Crippen LogP contribution in [0.4, 0.5) is 5.69 Å². The minimum Gasteiger partial charge on any atom is -0.397 e. The van der Waals surface area contributed by atoms with Gasteiger partial charge >= 0.3 is 0 Å². The van der Waals surface area contributed by atoms with Gasteiger partial charge in [0.1, 0.15) is 9.71 Å². The van der Waals surface area contributed by atoms with Crippen LogP contribution in [0.15, 0.2) is 12.3 Å². The lowest BCUT2D eigenvalue weighted by atomic mass is 10.1. The molecular formula is C14H20N4O2S. The number of rotatable bonds is 7. The minimum absolute atomic E-state index is 0.192. The first kappa shape index (κ1) is 15.7. The predicted octanol–water partition coefficient (Wildman–Crippen LogP) is 2.07. The second-order valence-corrected chi connectivity index (χ2v) is 6.14. The average molecular weight is 308 g/mol. The Bertz CT molecular complexity index is 612. The van der Waals surface area contributed by atoms with Crippen LogP contribution in [0.1, 0.15) is 29.9 Å². The maximum absolute atomic E-state index is 12.1. The van der Waals surface area contributed by atoms with Gasteiger partial charge in [0.05, 0.1) is 18.5 Å². The van der Waals surface area contributed by atoms with E-state index in [9.17, 15) is 4.79 Å². The molecule has 21 heavy (non-hydrogen) atoms. The summed E-state index contributed by atoms with van der Waals surface area (Å²) in [5, 5.41) is 11.3. The lowest BCUT2D eigenvalue weighted by Gasteiger charge is -2.07. The van der Waals surface area contributed by atoms with Gasteiger partial charge in [-0.15, -0.1) is 16.4 Å². The van der Waals surface area contributed by atoms with Crippen molar-refractivity contribution in [1.82, 2.24) is 15.5 Å². The van der Waals surface area contributed by atoms with Gasteiger partial charge in [0.25, 0.3) is 5.91 Å². The summed E-state index contributed by atoms with van der Waals surface area (Å²) in [6, 6.07) is 1.76. The van der Waals surface area contributed by atoms with Gasteiger partial charge in [-0.2, -0.15) is 5.10 Å². The number of fused-ring (bicyclic) bond motifs is 1. The number of nitrogens with zero attached hydrogens (tertiary/aromatic N) is 2. The topological polar surface area (TPSA) is 90.1 Å². The van der Waals surface area contributed by atoms with E-state index < -0.39 is 0 Å². The zero-order valence-electron chi connectivity index (χ0n) is 12.3. The van der Waals surface area contributed by atoms with E-state index in [1.807, 2.05) is 0 Å². The molecule has 6 nitrogen and oxygen atoms in total. The van der Waals surface area contributed by atoms with Crippen molar-refractivity contribution < 1.29 is 9.53 Å². The molecule has 7 heteroatoms. The molecule has 0 bridgehead atoms. The van der Waals surface area contributed by atoms with Crippen LogP contribution >= 0.6 is 11.3 Å². The molecule has 1 amide bonds. The van der Waals surface area contributed by atoms with Gasteiger partial charge in [0.15, 0.2) is 0 Å². The van der Waals surface area contributed by atoms with Crippen LogP contribution in [-0.2, 0) is 4.74 Å². The fraction of sp³-hybridized carbons (Fsp3) is 0.500. The smallest absolute Gasteiger partial charge is 0.263 e. The van der Waals surface area contributed by atoms with Crippen molar-refractivity contribution in [2.75, 3.05) is 25.5 Å². The van der Waals surface area contributed by atoms with Crippen molar-refractivity contribution in [1.29, 1.82) is 0 Å². The number of nitrogens with one attached hydrogen (secondary N) is 1. The van der Waals surface area contributed by atoms with E-state index in [4.69, 9.17) is 10.5 Å². The zero-order valence-corrected chi connectivity index (χ0v) is 13.1. The lowest BCUT2D eigenvalue weighted by Crippen LogP contribution is -2.27.